The van der Waals surface area contributed by atoms with E-state index >= 15 is 0 Å². The highest BCUT2D eigenvalue weighted by Crippen LogP contribution is 2.30. The highest BCUT2D eigenvalue weighted by atomic mass is 32.2. The zero-order valence-corrected chi connectivity index (χ0v) is 27.3. The number of hydrogen-bond donors (Lipinski definition) is 4. The molecule has 2 unspecified atom stereocenters. The predicted molar refractivity (Wildman–Crippen MR) is 178 cm³/mol. The second-order valence-corrected chi connectivity index (χ2v) is 12.7. The van der Waals surface area contributed by atoms with Gasteiger partial charge in [-0.1, -0.05) is 56.0 Å². The second-order valence-electron chi connectivity index (χ2n) is 11.5. The van der Waals surface area contributed by atoms with E-state index in [1.807, 2.05) is 13.0 Å². The Kier molecular flexibility index (Phi) is 14.7. The fourth-order valence-corrected chi connectivity index (χ4v) is 5.44. The van der Waals surface area contributed by atoms with Crippen molar-refractivity contribution < 1.29 is 17.9 Å². The van der Waals surface area contributed by atoms with Crippen molar-refractivity contribution in [3.63, 3.8) is 0 Å². The molecule has 0 spiro atoms. The number of benzene rings is 1. The zero-order valence-electron chi connectivity index (χ0n) is 26.5. The van der Waals surface area contributed by atoms with Crippen LogP contribution in [0.25, 0.3) is 6.08 Å². The fourth-order valence-electron chi connectivity index (χ4n) is 4.62. The van der Waals surface area contributed by atoms with Gasteiger partial charge in [0.15, 0.2) is 5.17 Å². The quantitative estimate of drug-likeness (QED) is 0.179. The first-order chi connectivity index (χ1) is 21.0. The van der Waals surface area contributed by atoms with Gasteiger partial charge in [-0.3, -0.25) is 9.89 Å². The van der Waals surface area contributed by atoms with Gasteiger partial charge in [0.05, 0.1) is 24.6 Å². The van der Waals surface area contributed by atoms with Gasteiger partial charge in [0.25, 0.3) is 0 Å². The van der Waals surface area contributed by atoms with E-state index in [0.29, 0.717) is 17.9 Å². The molecule has 2 atom stereocenters. The SMILES string of the molecule is CC1=CCCN=C(N/C(N)=C(/C)CN/C(=C/CC(C)C(C)/C=C/c2cccc(C(F)(F)F)c2)NCCCN2CCOCC2)S1. The third kappa shape index (κ3) is 13.0. The molecular weight excluding hydrogens is 585 g/mol. The van der Waals surface area contributed by atoms with Crippen LogP contribution >= 0.6 is 11.8 Å². The third-order valence-corrected chi connectivity index (χ3v) is 8.70. The molecule has 2 aliphatic heterocycles. The first kappa shape index (κ1) is 35.6. The smallest absolute Gasteiger partial charge is 0.385 e. The minimum absolute atomic E-state index is 0.167. The van der Waals surface area contributed by atoms with Gasteiger partial charge >= 0.3 is 6.18 Å². The summed E-state index contributed by atoms with van der Waals surface area (Å²) >= 11 is 1.60. The van der Waals surface area contributed by atoms with E-state index in [0.717, 1.165) is 87.8 Å². The van der Waals surface area contributed by atoms with Crippen LogP contribution in [0.1, 0.15) is 58.1 Å². The van der Waals surface area contributed by atoms with Crippen LogP contribution in [0.2, 0.25) is 0 Å². The van der Waals surface area contributed by atoms with Crippen molar-refractivity contribution in [2.45, 2.75) is 53.1 Å². The van der Waals surface area contributed by atoms with Crippen molar-refractivity contribution in [3.05, 3.63) is 75.7 Å². The molecule has 0 aliphatic carbocycles. The number of alkyl halides is 3. The van der Waals surface area contributed by atoms with Gasteiger partial charge in [-0.05, 0) is 85.7 Å². The lowest BCUT2D eigenvalue weighted by Crippen LogP contribution is -2.38. The molecule has 2 heterocycles. The Balaban J connectivity index is 1.60. The number of nitrogens with one attached hydrogen (secondary N) is 3. The fraction of sp³-hybridized carbons (Fsp3) is 0.545. The average molecular weight is 635 g/mol. The molecule has 0 bridgehead atoms. The standard InChI is InChI=1S/C33H49F3N6OS/c1-24(11-13-28-9-5-10-29(22-28)33(34,35)36)25(2)12-14-30(38-16-7-17-42-18-20-43-21-19-42)40-23-26(3)31(37)41-32-39-15-6-8-27(4)44-32/h5,8-11,13-14,22,24-25,38,40H,6-7,12,15-21,23,37H2,1-4H3,(H,39,41)/b13-11+,30-14+,31-26-. The summed E-state index contributed by atoms with van der Waals surface area (Å²) < 4.78 is 44.7. The Bertz CT molecular complexity index is 1200. The maximum Gasteiger partial charge on any atom is 0.416 e. The summed E-state index contributed by atoms with van der Waals surface area (Å²) in [5.74, 6) is 1.97. The molecule has 1 aromatic rings. The number of halogens is 3. The highest BCUT2D eigenvalue weighted by Gasteiger charge is 2.30. The minimum atomic E-state index is -4.35. The summed E-state index contributed by atoms with van der Waals surface area (Å²) in [5.41, 5.74) is 7.29. The molecule has 0 saturated carbocycles. The molecule has 2 aliphatic rings. The first-order valence-corrected chi connectivity index (χ1v) is 16.3. The number of morpholine rings is 1. The van der Waals surface area contributed by atoms with Crippen LogP contribution in [0.3, 0.4) is 0 Å². The molecule has 5 N–H and O–H groups in total. The van der Waals surface area contributed by atoms with Gasteiger partial charge in [0, 0.05) is 32.7 Å². The minimum Gasteiger partial charge on any atom is -0.385 e. The molecule has 0 radical (unpaired) electrons. The third-order valence-electron chi connectivity index (χ3n) is 7.79. The lowest BCUT2D eigenvalue weighted by atomic mass is 9.91. The molecule has 11 heteroatoms. The molecule has 7 nitrogen and oxygen atoms in total. The molecular formula is C33H49F3N6OS. The number of ether oxygens (including phenoxy) is 1. The van der Waals surface area contributed by atoms with Gasteiger partial charge in [-0.25, -0.2) is 0 Å². The van der Waals surface area contributed by atoms with E-state index in [9.17, 15) is 13.2 Å². The molecule has 1 fully saturated rings. The van der Waals surface area contributed by atoms with E-state index in [4.69, 9.17) is 10.5 Å². The highest BCUT2D eigenvalue weighted by molar-refractivity contribution is 8.17. The van der Waals surface area contributed by atoms with Crippen molar-refractivity contribution in [1.29, 1.82) is 0 Å². The number of allylic oxidation sites excluding steroid dienone is 3. The Morgan fingerprint density at radius 3 is 2.73 bits per heavy atom. The van der Waals surface area contributed by atoms with Crippen LogP contribution in [-0.2, 0) is 10.9 Å². The van der Waals surface area contributed by atoms with Crippen LogP contribution < -0.4 is 21.7 Å². The molecule has 1 saturated heterocycles. The van der Waals surface area contributed by atoms with Crippen LogP contribution in [0.4, 0.5) is 13.2 Å². The molecule has 1 aromatic carbocycles. The maximum atomic E-state index is 13.1. The van der Waals surface area contributed by atoms with Crippen molar-refractivity contribution in [1.82, 2.24) is 20.9 Å². The molecule has 0 aromatic heterocycles. The van der Waals surface area contributed by atoms with E-state index in [2.05, 4.69) is 58.8 Å². The Morgan fingerprint density at radius 2 is 1.98 bits per heavy atom. The van der Waals surface area contributed by atoms with E-state index in [-0.39, 0.29) is 11.8 Å². The van der Waals surface area contributed by atoms with E-state index in [1.165, 1.54) is 17.0 Å². The van der Waals surface area contributed by atoms with Crippen LogP contribution in [0.5, 0.6) is 0 Å². The molecule has 44 heavy (non-hydrogen) atoms. The largest absolute Gasteiger partial charge is 0.416 e. The molecule has 0 amide bonds. The van der Waals surface area contributed by atoms with Crippen LogP contribution in [0, 0.1) is 11.8 Å². The molecule has 244 valence electrons. The number of aliphatic imine (C=N–C) groups is 1. The summed E-state index contributed by atoms with van der Waals surface area (Å²) in [6, 6.07) is 5.43. The summed E-state index contributed by atoms with van der Waals surface area (Å²) in [5, 5.41) is 11.2. The summed E-state index contributed by atoms with van der Waals surface area (Å²) in [6.07, 6.45) is 6.50. The van der Waals surface area contributed by atoms with Crippen molar-refractivity contribution in [3.8, 4) is 0 Å². The first-order valence-electron chi connectivity index (χ1n) is 15.5. The summed E-state index contributed by atoms with van der Waals surface area (Å²) in [6.45, 7) is 15.0. The van der Waals surface area contributed by atoms with Crippen LogP contribution in [-0.4, -0.2) is 62.5 Å². The van der Waals surface area contributed by atoms with Gasteiger partial charge in [-0.2, -0.15) is 13.2 Å². The van der Waals surface area contributed by atoms with Crippen LogP contribution in [0.15, 0.2) is 69.6 Å². The lowest BCUT2D eigenvalue weighted by Gasteiger charge is -2.26. The Hall–Kier alpha value is -2.89. The molecule has 3 rings (SSSR count). The monoisotopic (exact) mass is 634 g/mol. The number of nitrogens with zero attached hydrogens (tertiary/aromatic N) is 2. The Labute approximate surface area is 265 Å². The normalized spacial score (nSPS) is 19.0. The predicted octanol–water partition coefficient (Wildman–Crippen LogP) is 6.30. The van der Waals surface area contributed by atoms with Crippen molar-refractivity contribution >= 4 is 23.0 Å². The summed E-state index contributed by atoms with van der Waals surface area (Å²) in [7, 11) is 0. The number of amidine groups is 1. The van der Waals surface area contributed by atoms with Crippen molar-refractivity contribution in [2.24, 2.45) is 22.6 Å². The topological polar surface area (TPSA) is 86.9 Å². The number of rotatable bonds is 14. The second kappa shape index (κ2) is 18.2. The Morgan fingerprint density at radius 1 is 1.20 bits per heavy atom. The maximum absolute atomic E-state index is 13.1. The van der Waals surface area contributed by atoms with E-state index < -0.39 is 11.7 Å². The van der Waals surface area contributed by atoms with Gasteiger partial charge < -0.3 is 26.4 Å². The number of hydrogen-bond acceptors (Lipinski definition) is 8. The lowest BCUT2D eigenvalue weighted by molar-refractivity contribution is -0.137. The summed E-state index contributed by atoms with van der Waals surface area (Å²) in [4.78, 5) is 8.21. The van der Waals surface area contributed by atoms with Gasteiger partial charge in [0.1, 0.15) is 5.82 Å². The van der Waals surface area contributed by atoms with Gasteiger partial charge in [-0.15, -0.1) is 0 Å². The van der Waals surface area contributed by atoms with Crippen molar-refractivity contribution in [2.75, 3.05) is 52.5 Å². The zero-order chi connectivity index (χ0) is 32.0. The van der Waals surface area contributed by atoms with E-state index in [1.54, 1.807) is 23.9 Å². The van der Waals surface area contributed by atoms with Gasteiger partial charge in [0.2, 0.25) is 0 Å². The number of nitrogens with two attached hydrogens (primary N) is 1. The average Bonchev–Trinajstić information content (AvgIpc) is 3.21. The number of thioether (sulfide) groups is 1.